The molecule has 1 atom stereocenters. The Balaban J connectivity index is 1.76. The summed E-state index contributed by atoms with van der Waals surface area (Å²) in [7, 11) is 0. The van der Waals surface area contributed by atoms with E-state index in [1.54, 1.807) is 22.2 Å². The summed E-state index contributed by atoms with van der Waals surface area (Å²) in [6, 6.07) is 9.53. The number of halogens is 1. The average molecular weight is 377 g/mol. The quantitative estimate of drug-likeness (QED) is 0.526. The van der Waals surface area contributed by atoms with Crippen LogP contribution in [0.25, 0.3) is 0 Å². The van der Waals surface area contributed by atoms with Crippen molar-refractivity contribution < 1.29 is 9.72 Å². The molecule has 1 amide bonds. The lowest BCUT2D eigenvalue weighted by Crippen LogP contribution is -2.31. The molecule has 7 nitrogen and oxygen atoms in total. The lowest BCUT2D eigenvalue weighted by Gasteiger charge is -2.17. The number of amides is 1. The Labute approximate surface area is 152 Å². The van der Waals surface area contributed by atoms with Gasteiger partial charge in [0.05, 0.1) is 4.92 Å². The van der Waals surface area contributed by atoms with Crippen molar-refractivity contribution in [3.63, 3.8) is 0 Å². The van der Waals surface area contributed by atoms with E-state index in [2.05, 4.69) is 10.4 Å². The number of thiophene rings is 1. The summed E-state index contributed by atoms with van der Waals surface area (Å²) in [5.41, 5.74) is -0.113. The van der Waals surface area contributed by atoms with Gasteiger partial charge in [0, 0.05) is 35.4 Å². The Morgan fingerprint density at radius 3 is 2.88 bits per heavy atom. The van der Waals surface area contributed by atoms with Crippen LogP contribution in [0.15, 0.2) is 54.2 Å². The van der Waals surface area contributed by atoms with Crippen molar-refractivity contribution in [3.05, 3.63) is 79.7 Å². The van der Waals surface area contributed by atoms with E-state index < -0.39 is 10.8 Å². The predicted molar refractivity (Wildman–Crippen MR) is 95.1 cm³/mol. The van der Waals surface area contributed by atoms with Gasteiger partial charge < -0.3 is 5.32 Å². The first-order valence-corrected chi connectivity index (χ1v) is 8.56. The summed E-state index contributed by atoms with van der Waals surface area (Å²) in [6.07, 6.45) is 3.49. The SMILES string of the molecule is O=C(NCC(c1cccs1)n1cccn1)c1ccc(Cl)c([N+](=O)[O-])c1. The maximum Gasteiger partial charge on any atom is 0.288 e. The molecule has 25 heavy (non-hydrogen) atoms. The van der Waals surface area contributed by atoms with Gasteiger partial charge in [-0.25, -0.2) is 0 Å². The van der Waals surface area contributed by atoms with E-state index in [4.69, 9.17) is 11.6 Å². The first-order chi connectivity index (χ1) is 12.1. The van der Waals surface area contributed by atoms with Crippen LogP contribution in [0, 0.1) is 10.1 Å². The molecule has 0 radical (unpaired) electrons. The normalized spacial score (nSPS) is 11.9. The Hall–Kier alpha value is -2.71. The molecule has 1 N–H and O–H groups in total. The van der Waals surface area contributed by atoms with Crippen molar-refractivity contribution in [1.82, 2.24) is 15.1 Å². The summed E-state index contributed by atoms with van der Waals surface area (Å²) in [5.74, 6) is -0.409. The summed E-state index contributed by atoms with van der Waals surface area (Å²) >= 11 is 7.34. The standard InChI is InChI=1S/C16H13ClN4O3S/c17-12-5-4-11(9-13(12)21(23)24)16(22)18-10-14(15-3-1-8-25-15)20-7-2-6-19-20/h1-9,14H,10H2,(H,18,22). The number of benzene rings is 1. The zero-order valence-corrected chi connectivity index (χ0v) is 14.4. The molecule has 0 spiro atoms. The van der Waals surface area contributed by atoms with Gasteiger partial charge in [-0.15, -0.1) is 11.3 Å². The predicted octanol–water partition coefficient (Wildman–Crippen LogP) is 3.53. The fourth-order valence-corrected chi connectivity index (χ4v) is 3.36. The van der Waals surface area contributed by atoms with Crippen molar-refractivity contribution >= 4 is 34.5 Å². The van der Waals surface area contributed by atoms with Crippen molar-refractivity contribution in [2.45, 2.75) is 6.04 Å². The number of carbonyl (C=O) groups excluding carboxylic acids is 1. The van der Waals surface area contributed by atoms with Crippen molar-refractivity contribution in [2.24, 2.45) is 0 Å². The molecule has 0 aliphatic rings. The van der Waals surface area contributed by atoms with Crippen LogP contribution in [0.5, 0.6) is 0 Å². The Bertz CT molecular complexity index is 847. The van der Waals surface area contributed by atoms with E-state index >= 15 is 0 Å². The highest BCUT2D eigenvalue weighted by Crippen LogP contribution is 2.25. The summed E-state index contributed by atoms with van der Waals surface area (Å²) in [4.78, 5) is 23.8. The number of aromatic nitrogens is 2. The molecular weight excluding hydrogens is 364 g/mol. The highest BCUT2D eigenvalue weighted by Gasteiger charge is 2.19. The Morgan fingerprint density at radius 2 is 2.24 bits per heavy atom. The smallest absolute Gasteiger partial charge is 0.288 e. The molecule has 0 bridgehead atoms. The molecule has 1 aromatic carbocycles. The van der Waals surface area contributed by atoms with Crippen LogP contribution in [0.3, 0.4) is 0 Å². The van der Waals surface area contributed by atoms with Crippen LogP contribution in [0.1, 0.15) is 21.3 Å². The molecule has 2 aromatic heterocycles. The second kappa shape index (κ2) is 7.45. The van der Waals surface area contributed by atoms with Gasteiger partial charge in [-0.1, -0.05) is 17.7 Å². The third-order valence-corrected chi connectivity index (χ3v) is 4.87. The Morgan fingerprint density at radius 1 is 1.40 bits per heavy atom. The zero-order valence-electron chi connectivity index (χ0n) is 12.8. The van der Waals surface area contributed by atoms with Crippen LogP contribution in [-0.4, -0.2) is 27.2 Å². The van der Waals surface area contributed by atoms with Gasteiger partial charge in [0.1, 0.15) is 11.1 Å². The van der Waals surface area contributed by atoms with Crippen LogP contribution in [-0.2, 0) is 0 Å². The molecular formula is C16H13ClN4O3S. The maximum atomic E-state index is 12.4. The highest BCUT2D eigenvalue weighted by atomic mass is 35.5. The number of carbonyl (C=O) groups is 1. The lowest BCUT2D eigenvalue weighted by atomic mass is 10.1. The van der Waals surface area contributed by atoms with Crippen LogP contribution >= 0.6 is 22.9 Å². The monoisotopic (exact) mass is 376 g/mol. The van der Waals surface area contributed by atoms with Crippen LogP contribution in [0.4, 0.5) is 5.69 Å². The minimum atomic E-state index is -0.614. The van der Waals surface area contributed by atoms with Gasteiger partial charge in [-0.3, -0.25) is 19.6 Å². The highest BCUT2D eigenvalue weighted by molar-refractivity contribution is 7.10. The fourth-order valence-electron chi connectivity index (χ4n) is 2.36. The van der Waals surface area contributed by atoms with Crippen molar-refractivity contribution in [3.8, 4) is 0 Å². The van der Waals surface area contributed by atoms with E-state index in [0.717, 1.165) is 4.88 Å². The molecule has 1 unspecified atom stereocenters. The number of hydrogen-bond donors (Lipinski definition) is 1. The molecule has 0 aliphatic heterocycles. The summed E-state index contributed by atoms with van der Waals surface area (Å²) in [5, 5.41) is 19.9. The van der Waals surface area contributed by atoms with Crippen LogP contribution < -0.4 is 5.32 Å². The van der Waals surface area contributed by atoms with E-state index in [0.29, 0.717) is 6.54 Å². The van der Waals surface area contributed by atoms with Gasteiger partial charge in [-0.2, -0.15) is 5.10 Å². The number of nitrogens with zero attached hydrogens (tertiary/aromatic N) is 3. The number of nitrogens with one attached hydrogen (secondary N) is 1. The van der Waals surface area contributed by atoms with E-state index in [9.17, 15) is 14.9 Å². The molecule has 128 valence electrons. The van der Waals surface area contributed by atoms with Gasteiger partial charge in [0.25, 0.3) is 11.6 Å². The number of rotatable bonds is 6. The van der Waals surface area contributed by atoms with Gasteiger partial charge in [0.2, 0.25) is 0 Å². The molecule has 9 heteroatoms. The zero-order chi connectivity index (χ0) is 17.8. The minimum absolute atomic E-state index is 0.00504. The molecule has 3 aromatic rings. The summed E-state index contributed by atoms with van der Waals surface area (Å²) < 4.78 is 1.76. The molecule has 3 rings (SSSR count). The van der Waals surface area contributed by atoms with E-state index in [1.165, 1.54) is 18.2 Å². The van der Waals surface area contributed by atoms with Gasteiger partial charge >= 0.3 is 0 Å². The van der Waals surface area contributed by atoms with Crippen molar-refractivity contribution in [2.75, 3.05) is 6.54 Å². The average Bonchev–Trinajstić information content (AvgIpc) is 3.29. The van der Waals surface area contributed by atoms with Crippen molar-refractivity contribution in [1.29, 1.82) is 0 Å². The minimum Gasteiger partial charge on any atom is -0.350 e. The summed E-state index contributed by atoms with van der Waals surface area (Å²) in [6.45, 7) is 0.303. The second-order valence-electron chi connectivity index (χ2n) is 5.15. The van der Waals surface area contributed by atoms with Gasteiger partial charge in [-0.05, 0) is 29.6 Å². The first kappa shape index (κ1) is 17.1. The van der Waals surface area contributed by atoms with E-state index in [1.807, 2.05) is 29.8 Å². The number of nitro groups is 1. The fraction of sp³-hybridized carbons (Fsp3) is 0.125. The molecule has 0 aliphatic carbocycles. The molecule has 0 fully saturated rings. The topological polar surface area (TPSA) is 90.1 Å². The molecule has 0 saturated carbocycles. The Kier molecular flexibility index (Phi) is 5.11. The van der Waals surface area contributed by atoms with Gasteiger partial charge in [0.15, 0.2) is 0 Å². The third kappa shape index (κ3) is 3.86. The number of hydrogen-bond acceptors (Lipinski definition) is 5. The first-order valence-electron chi connectivity index (χ1n) is 7.31. The third-order valence-electron chi connectivity index (χ3n) is 3.58. The molecule has 2 heterocycles. The van der Waals surface area contributed by atoms with E-state index in [-0.39, 0.29) is 22.3 Å². The number of nitro benzene ring substituents is 1. The molecule has 0 saturated heterocycles. The maximum absolute atomic E-state index is 12.4. The van der Waals surface area contributed by atoms with Crippen LogP contribution in [0.2, 0.25) is 5.02 Å². The lowest BCUT2D eigenvalue weighted by molar-refractivity contribution is -0.384. The second-order valence-corrected chi connectivity index (χ2v) is 6.54. The largest absolute Gasteiger partial charge is 0.350 e.